The highest BCUT2D eigenvalue weighted by atomic mass is 19.1. The molecule has 2 atom stereocenters. The Balaban J connectivity index is 1.77. The van der Waals surface area contributed by atoms with E-state index in [-0.39, 0.29) is 12.2 Å². The van der Waals surface area contributed by atoms with Crippen molar-refractivity contribution in [2.24, 2.45) is 5.92 Å². The van der Waals surface area contributed by atoms with Crippen molar-refractivity contribution in [1.82, 2.24) is 0 Å². The van der Waals surface area contributed by atoms with Crippen molar-refractivity contribution < 1.29 is 19.0 Å². The third-order valence-electron chi connectivity index (χ3n) is 2.92. The van der Waals surface area contributed by atoms with E-state index in [2.05, 4.69) is 0 Å². The minimum absolute atomic E-state index is 0.122. The Bertz CT molecular complexity index is 350. The van der Waals surface area contributed by atoms with Crippen molar-refractivity contribution in [1.29, 1.82) is 0 Å². The molecule has 1 aromatic rings. The largest absolute Gasteiger partial charge is 0.386 e. The molecule has 0 radical (unpaired) electrons. The van der Waals surface area contributed by atoms with Gasteiger partial charge in [-0.2, -0.15) is 0 Å². The van der Waals surface area contributed by atoms with Crippen LogP contribution in [0.2, 0.25) is 0 Å². The molecular weight excluding hydrogens is 223 g/mol. The standard InChI is InChI=1S/C13H17FO3/c14-12-4-2-1-3-11(12)13(15)9-17-8-10-5-6-16-7-10/h1-4,10,13,15H,5-9H2. The molecule has 4 heteroatoms. The summed E-state index contributed by atoms with van der Waals surface area (Å²) in [5.74, 6) is 0.00983. The molecular formula is C13H17FO3. The van der Waals surface area contributed by atoms with Crippen LogP contribution in [0, 0.1) is 11.7 Å². The highest BCUT2D eigenvalue weighted by Crippen LogP contribution is 2.18. The molecule has 1 N–H and O–H groups in total. The van der Waals surface area contributed by atoms with E-state index in [0.717, 1.165) is 19.6 Å². The fourth-order valence-electron chi connectivity index (χ4n) is 1.90. The monoisotopic (exact) mass is 240 g/mol. The van der Waals surface area contributed by atoms with Gasteiger partial charge in [-0.15, -0.1) is 0 Å². The van der Waals surface area contributed by atoms with E-state index in [1.807, 2.05) is 0 Å². The molecule has 0 aliphatic carbocycles. The lowest BCUT2D eigenvalue weighted by Gasteiger charge is -2.14. The van der Waals surface area contributed by atoms with E-state index < -0.39 is 11.9 Å². The summed E-state index contributed by atoms with van der Waals surface area (Å²) in [5.41, 5.74) is 0.287. The van der Waals surface area contributed by atoms with Gasteiger partial charge in [-0.3, -0.25) is 0 Å². The van der Waals surface area contributed by atoms with E-state index in [0.29, 0.717) is 12.5 Å². The summed E-state index contributed by atoms with van der Waals surface area (Å²) < 4.78 is 23.9. The van der Waals surface area contributed by atoms with Gasteiger partial charge in [0.2, 0.25) is 0 Å². The van der Waals surface area contributed by atoms with Crippen LogP contribution >= 0.6 is 0 Å². The van der Waals surface area contributed by atoms with Crippen molar-refractivity contribution in [3.8, 4) is 0 Å². The molecule has 1 aliphatic heterocycles. The minimum atomic E-state index is -0.904. The number of halogens is 1. The topological polar surface area (TPSA) is 38.7 Å². The Labute approximate surface area is 100 Å². The number of hydrogen-bond acceptors (Lipinski definition) is 3. The van der Waals surface area contributed by atoms with Crippen LogP contribution in [-0.4, -0.2) is 31.5 Å². The van der Waals surface area contributed by atoms with Crippen molar-refractivity contribution >= 4 is 0 Å². The summed E-state index contributed by atoms with van der Waals surface area (Å²) in [6, 6.07) is 6.21. The molecule has 3 nitrogen and oxygen atoms in total. The lowest BCUT2D eigenvalue weighted by atomic mass is 10.1. The smallest absolute Gasteiger partial charge is 0.129 e. The van der Waals surface area contributed by atoms with Crippen molar-refractivity contribution in [2.45, 2.75) is 12.5 Å². The van der Waals surface area contributed by atoms with Gasteiger partial charge in [-0.1, -0.05) is 18.2 Å². The summed E-state index contributed by atoms with van der Waals surface area (Å²) in [5, 5.41) is 9.78. The van der Waals surface area contributed by atoms with E-state index in [4.69, 9.17) is 9.47 Å². The molecule has 2 rings (SSSR count). The van der Waals surface area contributed by atoms with Gasteiger partial charge in [0.25, 0.3) is 0 Å². The van der Waals surface area contributed by atoms with E-state index in [9.17, 15) is 9.50 Å². The predicted octanol–water partition coefficient (Wildman–Crippen LogP) is 1.91. The predicted molar refractivity (Wildman–Crippen MR) is 61.1 cm³/mol. The van der Waals surface area contributed by atoms with E-state index in [1.165, 1.54) is 6.07 Å². The lowest BCUT2D eigenvalue weighted by molar-refractivity contribution is 0.0171. The zero-order valence-corrected chi connectivity index (χ0v) is 9.64. The first-order chi connectivity index (χ1) is 8.27. The molecule has 1 saturated heterocycles. The Morgan fingerprint density at radius 3 is 3.00 bits per heavy atom. The van der Waals surface area contributed by atoms with Gasteiger partial charge in [-0.25, -0.2) is 4.39 Å². The van der Waals surface area contributed by atoms with Gasteiger partial charge in [-0.05, 0) is 12.5 Å². The van der Waals surface area contributed by atoms with Crippen LogP contribution in [-0.2, 0) is 9.47 Å². The molecule has 1 aliphatic rings. The van der Waals surface area contributed by atoms with E-state index >= 15 is 0 Å². The fourth-order valence-corrected chi connectivity index (χ4v) is 1.90. The maximum Gasteiger partial charge on any atom is 0.129 e. The van der Waals surface area contributed by atoms with Gasteiger partial charge in [0.05, 0.1) is 19.8 Å². The lowest BCUT2D eigenvalue weighted by Crippen LogP contribution is -2.14. The second-order valence-corrected chi connectivity index (χ2v) is 4.30. The SMILES string of the molecule is OC(COCC1CCOC1)c1ccccc1F. The van der Waals surface area contributed by atoms with Crippen LogP contribution < -0.4 is 0 Å². The maximum atomic E-state index is 13.3. The van der Waals surface area contributed by atoms with Crippen molar-refractivity contribution in [2.75, 3.05) is 26.4 Å². The summed E-state index contributed by atoms with van der Waals surface area (Å²) in [7, 11) is 0. The van der Waals surface area contributed by atoms with Crippen LogP contribution in [0.15, 0.2) is 24.3 Å². The second kappa shape index (κ2) is 6.10. The molecule has 0 saturated carbocycles. The summed E-state index contributed by atoms with van der Waals surface area (Å²) in [6.45, 7) is 2.18. The van der Waals surface area contributed by atoms with Crippen molar-refractivity contribution in [3.63, 3.8) is 0 Å². The molecule has 1 aromatic carbocycles. The van der Waals surface area contributed by atoms with Crippen LogP contribution in [0.25, 0.3) is 0 Å². The fraction of sp³-hybridized carbons (Fsp3) is 0.538. The first kappa shape index (κ1) is 12.5. The summed E-state index contributed by atoms with van der Waals surface area (Å²) in [6.07, 6.45) is 0.0917. The molecule has 0 spiro atoms. The second-order valence-electron chi connectivity index (χ2n) is 4.30. The number of rotatable bonds is 5. The Morgan fingerprint density at radius 2 is 2.29 bits per heavy atom. The third-order valence-corrected chi connectivity index (χ3v) is 2.92. The van der Waals surface area contributed by atoms with Gasteiger partial charge < -0.3 is 14.6 Å². The normalized spacial score (nSPS) is 21.6. The number of aliphatic hydroxyl groups is 1. The highest BCUT2D eigenvalue weighted by molar-refractivity contribution is 5.19. The molecule has 0 amide bonds. The van der Waals surface area contributed by atoms with Gasteiger partial charge >= 0.3 is 0 Å². The quantitative estimate of drug-likeness (QED) is 0.854. The minimum Gasteiger partial charge on any atom is -0.386 e. The summed E-state index contributed by atoms with van der Waals surface area (Å²) >= 11 is 0. The van der Waals surface area contributed by atoms with Gasteiger partial charge in [0.15, 0.2) is 0 Å². The molecule has 2 unspecified atom stereocenters. The summed E-state index contributed by atoms with van der Waals surface area (Å²) in [4.78, 5) is 0. The number of benzene rings is 1. The van der Waals surface area contributed by atoms with Crippen LogP contribution in [0.1, 0.15) is 18.1 Å². The highest BCUT2D eigenvalue weighted by Gasteiger charge is 2.17. The average Bonchev–Trinajstić information content (AvgIpc) is 2.82. The molecule has 17 heavy (non-hydrogen) atoms. The molecule has 0 bridgehead atoms. The maximum absolute atomic E-state index is 13.3. The van der Waals surface area contributed by atoms with Gasteiger partial charge in [0, 0.05) is 18.1 Å². The first-order valence-electron chi connectivity index (χ1n) is 5.85. The Morgan fingerprint density at radius 1 is 1.47 bits per heavy atom. The Kier molecular flexibility index (Phi) is 4.48. The first-order valence-corrected chi connectivity index (χ1v) is 5.85. The molecule has 0 aromatic heterocycles. The molecule has 1 heterocycles. The molecule has 94 valence electrons. The zero-order chi connectivity index (χ0) is 12.1. The van der Waals surface area contributed by atoms with Crippen LogP contribution in [0.4, 0.5) is 4.39 Å². The average molecular weight is 240 g/mol. The van der Waals surface area contributed by atoms with Crippen molar-refractivity contribution in [3.05, 3.63) is 35.6 Å². The number of hydrogen-bond donors (Lipinski definition) is 1. The number of ether oxygens (including phenoxy) is 2. The van der Waals surface area contributed by atoms with Crippen LogP contribution in [0.5, 0.6) is 0 Å². The zero-order valence-electron chi connectivity index (χ0n) is 9.64. The molecule has 1 fully saturated rings. The van der Waals surface area contributed by atoms with E-state index in [1.54, 1.807) is 18.2 Å². The van der Waals surface area contributed by atoms with Gasteiger partial charge in [0.1, 0.15) is 11.9 Å². The van der Waals surface area contributed by atoms with Crippen LogP contribution in [0.3, 0.4) is 0 Å². The third kappa shape index (κ3) is 3.49. The Hall–Kier alpha value is -0.970. The number of aliphatic hydroxyl groups excluding tert-OH is 1.